The second kappa shape index (κ2) is 9.11. The molecule has 6 nitrogen and oxygen atoms in total. The molecule has 3 aromatic rings. The van der Waals surface area contributed by atoms with Crippen molar-refractivity contribution in [1.82, 2.24) is 15.3 Å². The van der Waals surface area contributed by atoms with E-state index in [2.05, 4.69) is 15.2 Å². The zero-order valence-corrected chi connectivity index (χ0v) is 17.6. The van der Waals surface area contributed by atoms with Gasteiger partial charge in [-0.3, -0.25) is 4.79 Å². The van der Waals surface area contributed by atoms with Gasteiger partial charge in [0.25, 0.3) is 5.91 Å². The summed E-state index contributed by atoms with van der Waals surface area (Å²) < 4.78 is 5.74. The Labute approximate surface area is 177 Å². The first kappa shape index (κ1) is 20.1. The monoisotopic (exact) mass is 404 g/mol. The number of piperidine rings is 1. The number of carbonyl (C=O) groups is 1. The predicted molar refractivity (Wildman–Crippen MR) is 119 cm³/mol. The Bertz CT molecular complexity index is 1040. The smallest absolute Gasteiger partial charge is 0.256 e. The Kier molecular flexibility index (Phi) is 6.12. The molecule has 1 amide bonds. The number of anilines is 1. The molecule has 0 aliphatic carbocycles. The maximum absolute atomic E-state index is 13.1. The van der Waals surface area contributed by atoms with E-state index in [1.54, 1.807) is 0 Å². The van der Waals surface area contributed by atoms with Gasteiger partial charge in [0.1, 0.15) is 17.4 Å². The van der Waals surface area contributed by atoms with Crippen molar-refractivity contribution in [1.29, 1.82) is 0 Å². The number of carbonyl (C=O) groups excluding carboxylic acids is 1. The maximum Gasteiger partial charge on any atom is 0.256 e. The Morgan fingerprint density at radius 2 is 1.90 bits per heavy atom. The topological polar surface area (TPSA) is 67.3 Å². The van der Waals surface area contributed by atoms with Gasteiger partial charge in [-0.15, -0.1) is 0 Å². The van der Waals surface area contributed by atoms with E-state index in [4.69, 9.17) is 9.72 Å². The predicted octanol–water partition coefficient (Wildman–Crippen LogP) is 4.26. The van der Waals surface area contributed by atoms with Crippen LogP contribution in [-0.4, -0.2) is 35.6 Å². The van der Waals surface area contributed by atoms with Gasteiger partial charge in [0.2, 0.25) is 0 Å². The number of aromatic nitrogens is 2. The van der Waals surface area contributed by atoms with E-state index in [1.807, 2.05) is 56.3 Å². The molecule has 6 heteroatoms. The molecule has 0 unspecified atom stereocenters. The minimum Gasteiger partial charge on any atom is -0.493 e. The first-order chi connectivity index (χ1) is 14.7. The number of amides is 1. The van der Waals surface area contributed by atoms with Gasteiger partial charge in [-0.05, 0) is 49.9 Å². The van der Waals surface area contributed by atoms with E-state index in [1.165, 1.54) is 19.3 Å². The van der Waals surface area contributed by atoms with Gasteiger partial charge >= 0.3 is 0 Å². The Hall–Kier alpha value is -3.15. The third kappa shape index (κ3) is 4.37. The fourth-order valence-corrected chi connectivity index (χ4v) is 3.99. The summed E-state index contributed by atoms with van der Waals surface area (Å²) in [7, 11) is 0. The van der Waals surface area contributed by atoms with Crippen LogP contribution >= 0.6 is 0 Å². The summed E-state index contributed by atoms with van der Waals surface area (Å²) in [6.07, 6.45) is 3.66. The molecule has 30 heavy (non-hydrogen) atoms. The summed E-state index contributed by atoms with van der Waals surface area (Å²) in [5.41, 5.74) is 1.47. The summed E-state index contributed by atoms with van der Waals surface area (Å²) in [4.78, 5) is 24.7. The van der Waals surface area contributed by atoms with Crippen molar-refractivity contribution in [3.05, 3.63) is 59.5 Å². The van der Waals surface area contributed by atoms with Gasteiger partial charge < -0.3 is 15.0 Å². The van der Waals surface area contributed by atoms with Gasteiger partial charge in [-0.25, -0.2) is 9.97 Å². The van der Waals surface area contributed by atoms with E-state index >= 15 is 0 Å². The molecule has 1 saturated heterocycles. The lowest BCUT2D eigenvalue weighted by atomic mass is 10.0. The van der Waals surface area contributed by atoms with Crippen LogP contribution in [-0.2, 0) is 6.54 Å². The van der Waals surface area contributed by atoms with E-state index < -0.39 is 0 Å². The number of nitrogens with one attached hydrogen (secondary N) is 1. The van der Waals surface area contributed by atoms with Crippen LogP contribution < -0.4 is 15.0 Å². The molecule has 1 fully saturated rings. The van der Waals surface area contributed by atoms with Crippen molar-refractivity contribution in [3.63, 3.8) is 0 Å². The lowest BCUT2D eigenvalue weighted by Crippen LogP contribution is -2.31. The highest BCUT2D eigenvalue weighted by Gasteiger charge is 2.18. The molecule has 2 heterocycles. The van der Waals surface area contributed by atoms with Crippen molar-refractivity contribution >= 4 is 22.5 Å². The first-order valence-electron chi connectivity index (χ1n) is 10.7. The Balaban J connectivity index is 1.57. The van der Waals surface area contributed by atoms with Crippen LogP contribution in [0.1, 0.15) is 48.1 Å². The number of hydrogen-bond donors (Lipinski definition) is 1. The van der Waals surface area contributed by atoms with Crippen molar-refractivity contribution in [2.75, 3.05) is 24.6 Å². The Morgan fingerprint density at radius 3 is 2.70 bits per heavy atom. The van der Waals surface area contributed by atoms with Crippen LogP contribution in [0.5, 0.6) is 5.75 Å². The third-order valence-corrected chi connectivity index (χ3v) is 5.39. The highest BCUT2D eigenvalue weighted by molar-refractivity contribution is 6.09. The van der Waals surface area contributed by atoms with Crippen LogP contribution in [0.4, 0.5) is 5.82 Å². The van der Waals surface area contributed by atoms with E-state index in [-0.39, 0.29) is 12.5 Å². The molecule has 0 radical (unpaired) electrons. The number of aryl methyl sites for hydroxylation is 1. The normalized spacial score (nSPS) is 14.0. The van der Waals surface area contributed by atoms with E-state index in [0.717, 1.165) is 35.4 Å². The van der Waals surface area contributed by atoms with Crippen molar-refractivity contribution in [2.45, 2.75) is 39.7 Å². The summed E-state index contributed by atoms with van der Waals surface area (Å²) >= 11 is 0. The van der Waals surface area contributed by atoms with Gasteiger partial charge in [0.15, 0.2) is 0 Å². The van der Waals surface area contributed by atoms with Gasteiger partial charge in [0, 0.05) is 24.8 Å². The SMILES string of the molecule is CCOc1ccc2ccccc2c1C(=O)NCc1nc(C)cc(N2CCCCC2)n1. The minimum absolute atomic E-state index is 0.181. The molecule has 0 spiro atoms. The molecular weight excluding hydrogens is 376 g/mol. The van der Waals surface area contributed by atoms with Crippen LogP contribution in [0.15, 0.2) is 42.5 Å². The van der Waals surface area contributed by atoms with Crippen molar-refractivity contribution < 1.29 is 9.53 Å². The van der Waals surface area contributed by atoms with Gasteiger partial charge in [-0.1, -0.05) is 30.3 Å². The molecule has 2 aromatic carbocycles. The fraction of sp³-hybridized carbons (Fsp3) is 0.375. The van der Waals surface area contributed by atoms with Crippen molar-refractivity contribution in [3.8, 4) is 5.75 Å². The number of nitrogens with zero attached hydrogens (tertiary/aromatic N) is 3. The molecule has 1 aromatic heterocycles. The number of rotatable bonds is 6. The third-order valence-electron chi connectivity index (χ3n) is 5.39. The molecule has 0 bridgehead atoms. The molecule has 1 aliphatic heterocycles. The lowest BCUT2D eigenvalue weighted by molar-refractivity contribution is 0.0948. The molecule has 1 aliphatic rings. The zero-order chi connectivity index (χ0) is 20.9. The number of hydrogen-bond acceptors (Lipinski definition) is 5. The summed E-state index contributed by atoms with van der Waals surface area (Å²) in [5, 5.41) is 4.88. The summed E-state index contributed by atoms with van der Waals surface area (Å²) in [6, 6.07) is 13.7. The first-order valence-corrected chi connectivity index (χ1v) is 10.7. The number of benzene rings is 2. The Morgan fingerprint density at radius 1 is 1.10 bits per heavy atom. The standard InChI is InChI=1S/C24H28N4O2/c1-3-30-20-12-11-18-9-5-6-10-19(18)23(20)24(29)25-16-21-26-17(2)15-22(27-21)28-13-7-4-8-14-28/h5-6,9-12,15H,3-4,7-8,13-14,16H2,1-2H3,(H,25,29). The van der Waals surface area contributed by atoms with Gasteiger partial charge in [0.05, 0.1) is 18.7 Å². The summed E-state index contributed by atoms with van der Waals surface area (Å²) in [6.45, 7) is 6.71. The van der Waals surface area contributed by atoms with Crippen LogP contribution in [0.25, 0.3) is 10.8 Å². The quantitative estimate of drug-likeness (QED) is 0.665. The lowest BCUT2D eigenvalue weighted by Gasteiger charge is -2.28. The highest BCUT2D eigenvalue weighted by atomic mass is 16.5. The second-order valence-corrected chi connectivity index (χ2v) is 7.61. The van der Waals surface area contributed by atoms with Crippen LogP contribution in [0.2, 0.25) is 0 Å². The minimum atomic E-state index is -0.181. The van der Waals surface area contributed by atoms with E-state index in [0.29, 0.717) is 23.7 Å². The number of fused-ring (bicyclic) bond motifs is 1. The maximum atomic E-state index is 13.1. The average molecular weight is 405 g/mol. The van der Waals surface area contributed by atoms with E-state index in [9.17, 15) is 4.79 Å². The van der Waals surface area contributed by atoms with Crippen molar-refractivity contribution in [2.24, 2.45) is 0 Å². The van der Waals surface area contributed by atoms with Crippen LogP contribution in [0.3, 0.4) is 0 Å². The largest absolute Gasteiger partial charge is 0.493 e. The van der Waals surface area contributed by atoms with Gasteiger partial charge in [-0.2, -0.15) is 0 Å². The number of ether oxygens (including phenoxy) is 1. The molecule has 156 valence electrons. The van der Waals surface area contributed by atoms with Crippen LogP contribution in [0, 0.1) is 6.92 Å². The molecule has 0 saturated carbocycles. The fourth-order valence-electron chi connectivity index (χ4n) is 3.99. The zero-order valence-electron chi connectivity index (χ0n) is 17.6. The average Bonchev–Trinajstić information content (AvgIpc) is 2.78. The summed E-state index contributed by atoms with van der Waals surface area (Å²) in [5.74, 6) is 1.99. The molecule has 0 atom stereocenters. The molecular formula is C24H28N4O2. The molecule has 1 N–H and O–H groups in total. The highest BCUT2D eigenvalue weighted by Crippen LogP contribution is 2.28. The second-order valence-electron chi connectivity index (χ2n) is 7.61. The molecule has 4 rings (SSSR count).